The predicted octanol–water partition coefficient (Wildman–Crippen LogP) is 3.88. The Bertz CT molecular complexity index is 1220. The van der Waals surface area contributed by atoms with E-state index >= 15 is 0 Å². The summed E-state index contributed by atoms with van der Waals surface area (Å²) in [6.45, 7) is 1.75. The van der Waals surface area contributed by atoms with Crippen molar-refractivity contribution in [2.24, 2.45) is 0 Å². The second kappa shape index (κ2) is 7.09. The number of hydrogen-bond donors (Lipinski definition) is 2. The van der Waals surface area contributed by atoms with E-state index in [0.717, 1.165) is 24.1 Å². The second-order valence-electron chi connectivity index (χ2n) is 6.80. The highest BCUT2D eigenvalue weighted by Crippen LogP contribution is 2.31. The maximum Gasteiger partial charge on any atom is 0.279 e. The average Bonchev–Trinajstić information content (AvgIpc) is 3.48. The van der Waals surface area contributed by atoms with E-state index in [1.807, 2.05) is 23.6 Å². The number of carbonyl (C=O) groups excluding carboxylic acids is 2. The van der Waals surface area contributed by atoms with Crippen molar-refractivity contribution in [1.82, 2.24) is 21.0 Å². The quantitative estimate of drug-likeness (QED) is 0.487. The predicted molar refractivity (Wildman–Crippen MR) is 111 cm³/mol. The lowest BCUT2D eigenvalue weighted by Crippen LogP contribution is -2.41. The van der Waals surface area contributed by atoms with Gasteiger partial charge < -0.3 is 4.52 Å². The number of hydrazine groups is 1. The Morgan fingerprint density at radius 1 is 1.17 bits per heavy atom. The van der Waals surface area contributed by atoms with Crippen molar-refractivity contribution in [3.63, 3.8) is 0 Å². The van der Waals surface area contributed by atoms with Crippen LogP contribution in [0, 0.1) is 6.92 Å². The second-order valence-corrected chi connectivity index (χ2v) is 8.89. The fourth-order valence-corrected chi connectivity index (χ4v) is 5.34. The lowest BCUT2D eigenvalue weighted by atomic mass is 10.1. The van der Waals surface area contributed by atoms with Crippen LogP contribution in [0.1, 0.15) is 42.6 Å². The van der Waals surface area contributed by atoms with Crippen molar-refractivity contribution in [3.05, 3.63) is 56.2 Å². The van der Waals surface area contributed by atoms with Gasteiger partial charge in [-0.15, -0.1) is 22.7 Å². The third kappa shape index (κ3) is 3.22. The monoisotopic (exact) mass is 424 g/mol. The first kappa shape index (κ1) is 18.0. The topological polar surface area (TPSA) is 97.1 Å². The Morgan fingerprint density at radius 2 is 2.03 bits per heavy atom. The molecule has 0 saturated carbocycles. The van der Waals surface area contributed by atoms with Crippen molar-refractivity contribution in [2.45, 2.75) is 26.2 Å². The van der Waals surface area contributed by atoms with Gasteiger partial charge in [-0.05, 0) is 55.3 Å². The molecule has 0 unspecified atom stereocenters. The van der Waals surface area contributed by atoms with Crippen molar-refractivity contribution in [3.8, 4) is 10.6 Å². The van der Waals surface area contributed by atoms with Gasteiger partial charge >= 0.3 is 0 Å². The van der Waals surface area contributed by atoms with Gasteiger partial charge in [0.15, 0.2) is 0 Å². The number of aromatic nitrogens is 2. The van der Waals surface area contributed by atoms with E-state index < -0.39 is 5.91 Å². The lowest BCUT2D eigenvalue weighted by molar-refractivity contribution is 0.0849. The molecule has 7 nitrogen and oxygen atoms in total. The van der Waals surface area contributed by atoms with Crippen LogP contribution >= 0.6 is 22.7 Å². The number of fused-ring (bicyclic) bond motifs is 2. The van der Waals surface area contributed by atoms with E-state index in [1.165, 1.54) is 33.1 Å². The molecule has 0 spiro atoms. The van der Waals surface area contributed by atoms with Crippen LogP contribution in [0.5, 0.6) is 0 Å². The highest BCUT2D eigenvalue weighted by Gasteiger charge is 2.22. The Morgan fingerprint density at radius 3 is 2.83 bits per heavy atom. The van der Waals surface area contributed by atoms with Gasteiger partial charge in [0, 0.05) is 4.88 Å². The maximum absolute atomic E-state index is 12.9. The first-order valence-corrected chi connectivity index (χ1v) is 10.8. The Labute approximate surface area is 173 Å². The van der Waals surface area contributed by atoms with Crippen LogP contribution in [0.25, 0.3) is 21.7 Å². The molecular formula is C20H16N4O3S2. The van der Waals surface area contributed by atoms with Crippen LogP contribution < -0.4 is 10.9 Å². The number of hydrogen-bond acceptors (Lipinski definition) is 7. The molecule has 0 radical (unpaired) electrons. The Kier molecular flexibility index (Phi) is 4.40. The summed E-state index contributed by atoms with van der Waals surface area (Å²) < 4.78 is 5.29. The molecule has 146 valence electrons. The van der Waals surface area contributed by atoms with E-state index in [0.29, 0.717) is 32.9 Å². The minimum Gasteiger partial charge on any atom is -0.335 e. The summed E-state index contributed by atoms with van der Waals surface area (Å²) in [7, 11) is 0. The molecule has 2 N–H and O–H groups in total. The van der Waals surface area contributed by atoms with Gasteiger partial charge in [0.1, 0.15) is 0 Å². The molecule has 4 aromatic heterocycles. The summed E-state index contributed by atoms with van der Waals surface area (Å²) in [5.74, 6) is -0.762. The van der Waals surface area contributed by atoms with Crippen LogP contribution in [0.3, 0.4) is 0 Å². The summed E-state index contributed by atoms with van der Waals surface area (Å²) in [6, 6.07) is 7.44. The normalized spacial score (nSPS) is 12.9. The largest absolute Gasteiger partial charge is 0.335 e. The number of carbonyl (C=O) groups is 2. The van der Waals surface area contributed by atoms with Gasteiger partial charge in [0.05, 0.1) is 32.1 Å². The number of pyridine rings is 1. The number of aryl methyl sites for hydroxylation is 3. The van der Waals surface area contributed by atoms with E-state index in [1.54, 1.807) is 13.0 Å². The molecule has 0 fully saturated rings. The number of nitrogens with one attached hydrogen (secondary N) is 2. The van der Waals surface area contributed by atoms with E-state index in [4.69, 9.17) is 4.52 Å². The lowest BCUT2D eigenvalue weighted by Gasteiger charge is -2.08. The Hall–Kier alpha value is -3.04. The first-order chi connectivity index (χ1) is 14.1. The Balaban J connectivity index is 1.41. The van der Waals surface area contributed by atoms with Gasteiger partial charge in [-0.25, -0.2) is 4.98 Å². The fourth-order valence-electron chi connectivity index (χ4n) is 3.51. The molecule has 0 atom stereocenters. The SMILES string of the molecule is Cc1noc2nc(-c3cccs3)cc(C(=O)NNC(=O)c3cc4c(s3)CCC4)c12. The van der Waals surface area contributed by atoms with Gasteiger partial charge in [-0.2, -0.15) is 0 Å². The zero-order valence-electron chi connectivity index (χ0n) is 15.4. The summed E-state index contributed by atoms with van der Waals surface area (Å²) in [5.41, 5.74) is 8.11. The van der Waals surface area contributed by atoms with Gasteiger partial charge in [0.25, 0.3) is 17.5 Å². The molecule has 0 aliphatic heterocycles. The fraction of sp³-hybridized carbons (Fsp3) is 0.200. The first-order valence-electron chi connectivity index (χ1n) is 9.13. The van der Waals surface area contributed by atoms with Crippen LogP contribution in [0.2, 0.25) is 0 Å². The van der Waals surface area contributed by atoms with Crippen LogP contribution in [-0.2, 0) is 12.8 Å². The zero-order valence-corrected chi connectivity index (χ0v) is 17.1. The molecule has 0 bridgehead atoms. The van der Waals surface area contributed by atoms with Gasteiger partial charge in [-0.3, -0.25) is 20.4 Å². The highest BCUT2D eigenvalue weighted by atomic mass is 32.1. The minimum atomic E-state index is -0.445. The average molecular weight is 425 g/mol. The molecule has 29 heavy (non-hydrogen) atoms. The highest BCUT2D eigenvalue weighted by molar-refractivity contribution is 7.14. The molecule has 2 amide bonds. The number of thiophene rings is 2. The number of nitrogens with zero attached hydrogens (tertiary/aromatic N) is 2. The number of rotatable bonds is 3. The van der Waals surface area contributed by atoms with Crippen molar-refractivity contribution in [2.75, 3.05) is 0 Å². The summed E-state index contributed by atoms with van der Waals surface area (Å²) in [6.07, 6.45) is 3.17. The van der Waals surface area contributed by atoms with E-state index in [2.05, 4.69) is 21.0 Å². The minimum absolute atomic E-state index is 0.291. The summed E-state index contributed by atoms with van der Waals surface area (Å²) in [5, 5.41) is 6.40. The summed E-state index contributed by atoms with van der Waals surface area (Å²) >= 11 is 3.00. The molecule has 1 aliphatic rings. The zero-order chi connectivity index (χ0) is 20.0. The van der Waals surface area contributed by atoms with Gasteiger partial charge in [0.2, 0.25) is 0 Å². The molecule has 0 saturated heterocycles. The molecule has 4 aromatic rings. The van der Waals surface area contributed by atoms with E-state index in [9.17, 15) is 9.59 Å². The molecule has 1 aliphatic carbocycles. The molecule has 0 aromatic carbocycles. The van der Waals surface area contributed by atoms with Crippen molar-refractivity contribution in [1.29, 1.82) is 0 Å². The molecule has 9 heteroatoms. The standard InChI is InChI=1S/C20H16N4O3S2/c1-10-17-12(9-13(15-6-3-7-28-15)21-20(17)27-24-10)18(25)22-23-19(26)16-8-11-4-2-5-14(11)29-16/h3,6-9H,2,4-5H2,1H3,(H,22,25)(H,23,26). The smallest absolute Gasteiger partial charge is 0.279 e. The third-order valence-corrected chi connectivity index (χ3v) is 7.02. The van der Waals surface area contributed by atoms with Crippen LogP contribution in [0.15, 0.2) is 34.2 Å². The van der Waals surface area contributed by atoms with Crippen molar-refractivity contribution < 1.29 is 14.1 Å². The molecule has 5 rings (SSSR count). The third-order valence-electron chi connectivity index (χ3n) is 4.90. The number of amides is 2. The van der Waals surface area contributed by atoms with Crippen LogP contribution in [-0.4, -0.2) is 22.0 Å². The van der Waals surface area contributed by atoms with Gasteiger partial charge in [-0.1, -0.05) is 11.2 Å². The molecule has 4 heterocycles. The van der Waals surface area contributed by atoms with Crippen LogP contribution in [0.4, 0.5) is 0 Å². The van der Waals surface area contributed by atoms with Crippen molar-refractivity contribution >= 4 is 45.6 Å². The van der Waals surface area contributed by atoms with E-state index in [-0.39, 0.29) is 5.91 Å². The molecular weight excluding hydrogens is 408 g/mol. The maximum atomic E-state index is 12.9. The summed E-state index contributed by atoms with van der Waals surface area (Å²) in [4.78, 5) is 32.6.